The van der Waals surface area contributed by atoms with Gasteiger partial charge in [-0.15, -0.1) is 11.3 Å². The smallest absolute Gasteiger partial charge is 0.261 e. The predicted molar refractivity (Wildman–Crippen MR) is 134 cm³/mol. The molecular formula is C26H29N3O5S. The van der Waals surface area contributed by atoms with Crippen molar-refractivity contribution in [2.75, 3.05) is 18.6 Å². The molecule has 1 aliphatic rings. The minimum Gasteiger partial charge on any atom is -0.497 e. The van der Waals surface area contributed by atoms with Crippen LogP contribution in [0.4, 0.5) is 5.69 Å². The fourth-order valence-electron chi connectivity index (χ4n) is 4.24. The molecule has 2 heterocycles. The number of rotatable bonds is 9. The monoisotopic (exact) mass is 495 g/mol. The number of amides is 3. The second-order valence-electron chi connectivity index (χ2n) is 8.46. The molecule has 0 radical (unpaired) electrons. The van der Waals surface area contributed by atoms with E-state index >= 15 is 0 Å². The van der Waals surface area contributed by atoms with E-state index in [0.29, 0.717) is 27.8 Å². The standard InChI is InChI=1S/C26H29N3O5S/c1-17-9-14-21(34-17)24(26(32)28-18-6-3-4-7-18)29(19-10-12-20(33-2)13-11-19)23(30)16-27-25(31)22-8-5-15-35-22/h5,8-15,18,24H,3-4,6-7,16H2,1-2H3,(H,27,31)(H,28,32)/t24-/m0/s1. The van der Waals surface area contributed by atoms with Crippen molar-refractivity contribution in [3.63, 3.8) is 0 Å². The molecule has 1 aliphatic carbocycles. The summed E-state index contributed by atoms with van der Waals surface area (Å²) in [6, 6.07) is 12.8. The largest absolute Gasteiger partial charge is 0.497 e. The van der Waals surface area contributed by atoms with E-state index < -0.39 is 11.9 Å². The van der Waals surface area contributed by atoms with Gasteiger partial charge in [-0.3, -0.25) is 19.3 Å². The van der Waals surface area contributed by atoms with Gasteiger partial charge in [0, 0.05) is 11.7 Å². The number of carbonyl (C=O) groups is 3. The van der Waals surface area contributed by atoms with E-state index in [1.54, 1.807) is 67.9 Å². The summed E-state index contributed by atoms with van der Waals surface area (Å²) in [5, 5.41) is 7.57. The first-order valence-electron chi connectivity index (χ1n) is 11.6. The van der Waals surface area contributed by atoms with Gasteiger partial charge in [-0.25, -0.2) is 0 Å². The Hall–Kier alpha value is -3.59. The van der Waals surface area contributed by atoms with Gasteiger partial charge in [0.1, 0.15) is 17.3 Å². The van der Waals surface area contributed by atoms with Gasteiger partial charge in [0.25, 0.3) is 11.8 Å². The number of ether oxygens (including phenoxy) is 1. The summed E-state index contributed by atoms with van der Waals surface area (Å²) in [4.78, 5) is 41.6. The van der Waals surface area contributed by atoms with Crippen molar-refractivity contribution in [1.29, 1.82) is 0 Å². The zero-order valence-electron chi connectivity index (χ0n) is 19.8. The van der Waals surface area contributed by atoms with E-state index in [9.17, 15) is 14.4 Å². The van der Waals surface area contributed by atoms with Crippen molar-refractivity contribution in [2.45, 2.75) is 44.7 Å². The number of benzene rings is 1. The van der Waals surface area contributed by atoms with Crippen LogP contribution in [0.1, 0.15) is 52.9 Å². The van der Waals surface area contributed by atoms with Crippen LogP contribution in [0.25, 0.3) is 0 Å². The zero-order valence-corrected chi connectivity index (χ0v) is 20.6. The second kappa shape index (κ2) is 11.2. The number of hydrogen-bond donors (Lipinski definition) is 2. The Morgan fingerprint density at radius 2 is 1.86 bits per heavy atom. The van der Waals surface area contributed by atoms with Crippen LogP contribution in [0.5, 0.6) is 5.75 Å². The van der Waals surface area contributed by atoms with E-state index in [1.807, 2.05) is 0 Å². The van der Waals surface area contributed by atoms with Crippen molar-refractivity contribution >= 4 is 34.7 Å². The van der Waals surface area contributed by atoms with Crippen LogP contribution in [0.3, 0.4) is 0 Å². The molecule has 1 aromatic carbocycles. The lowest BCUT2D eigenvalue weighted by Gasteiger charge is -2.31. The Labute approximate surface area is 208 Å². The third-order valence-electron chi connectivity index (χ3n) is 6.00. The van der Waals surface area contributed by atoms with Crippen LogP contribution >= 0.6 is 11.3 Å². The highest BCUT2D eigenvalue weighted by Crippen LogP contribution is 2.31. The summed E-state index contributed by atoms with van der Waals surface area (Å²) in [6.45, 7) is 1.51. The van der Waals surface area contributed by atoms with Crippen molar-refractivity contribution in [2.24, 2.45) is 0 Å². The van der Waals surface area contributed by atoms with Crippen molar-refractivity contribution < 1.29 is 23.5 Å². The predicted octanol–water partition coefficient (Wildman–Crippen LogP) is 4.22. The Morgan fingerprint density at radius 3 is 2.46 bits per heavy atom. The van der Waals surface area contributed by atoms with E-state index in [0.717, 1.165) is 25.7 Å². The molecule has 35 heavy (non-hydrogen) atoms. The fraction of sp³-hybridized carbons (Fsp3) is 0.346. The van der Waals surface area contributed by atoms with Gasteiger partial charge in [-0.2, -0.15) is 0 Å². The molecule has 2 N–H and O–H groups in total. The highest BCUT2D eigenvalue weighted by atomic mass is 32.1. The molecular weight excluding hydrogens is 466 g/mol. The average molecular weight is 496 g/mol. The first-order valence-corrected chi connectivity index (χ1v) is 12.5. The summed E-state index contributed by atoms with van der Waals surface area (Å²) < 4.78 is 11.1. The highest BCUT2D eigenvalue weighted by Gasteiger charge is 2.36. The first kappa shape index (κ1) is 24.5. The van der Waals surface area contributed by atoms with Crippen LogP contribution in [0, 0.1) is 6.92 Å². The van der Waals surface area contributed by atoms with Crippen LogP contribution in [-0.4, -0.2) is 37.4 Å². The number of nitrogens with zero attached hydrogens (tertiary/aromatic N) is 1. The van der Waals surface area contributed by atoms with Gasteiger partial charge in [-0.1, -0.05) is 18.9 Å². The fourth-order valence-corrected chi connectivity index (χ4v) is 4.88. The Kier molecular flexibility index (Phi) is 7.87. The SMILES string of the molecule is COc1ccc(N(C(=O)CNC(=O)c2cccs2)[C@H](C(=O)NC2CCCC2)c2ccc(C)o2)cc1. The van der Waals surface area contributed by atoms with E-state index in [2.05, 4.69) is 10.6 Å². The topological polar surface area (TPSA) is 101 Å². The summed E-state index contributed by atoms with van der Waals surface area (Å²) in [5.41, 5.74) is 0.488. The lowest BCUT2D eigenvalue weighted by Crippen LogP contribution is -2.49. The zero-order chi connectivity index (χ0) is 24.8. The molecule has 184 valence electrons. The third-order valence-corrected chi connectivity index (χ3v) is 6.87. The van der Waals surface area contributed by atoms with Crippen LogP contribution in [-0.2, 0) is 9.59 Å². The number of aryl methyl sites for hydroxylation is 1. The highest BCUT2D eigenvalue weighted by molar-refractivity contribution is 7.12. The molecule has 0 unspecified atom stereocenters. The maximum Gasteiger partial charge on any atom is 0.261 e. The van der Waals surface area contributed by atoms with Crippen molar-refractivity contribution in [1.82, 2.24) is 10.6 Å². The minimum absolute atomic E-state index is 0.0624. The quantitative estimate of drug-likeness (QED) is 0.463. The molecule has 0 aliphatic heterocycles. The van der Waals surface area contributed by atoms with Crippen LogP contribution in [0.15, 0.2) is 58.3 Å². The number of carbonyl (C=O) groups excluding carboxylic acids is 3. The molecule has 3 aromatic rings. The van der Waals surface area contributed by atoms with Crippen LogP contribution < -0.4 is 20.3 Å². The number of hydrogen-bond acceptors (Lipinski definition) is 6. The molecule has 1 fully saturated rings. The molecule has 0 saturated heterocycles. The van der Waals surface area contributed by atoms with Gasteiger partial charge in [0.15, 0.2) is 6.04 Å². The molecule has 0 spiro atoms. The number of furan rings is 1. The molecule has 1 atom stereocenters. The number of nitrogens with one attached hydrogen (secondary N) is 2. The maximum absolute atomic E-state index is 13.6. The summed E-state index contributed by atoms with van der Waals surface area (Å²) in [5.74, 6) is 0.496. The first-order chi connectivity index (χ1) is 17.0. The Morgan fingerprint density at radius 1 is 1.11 bits per heavy atom. The molecule has 3 amide bonds. The average Bonchev–Trinajstić information content (AvgIpc) is 3.64. The van der Waals surface area contributed by atoms with Gasteiger partial charge in [0.2, 0.25) is 5.91 Å². The van der Waals surface area contributed by atoms with Gasteiger partial charge < -0.3 is 19.8 Å². The molecule has 2 aromatic heterocycles. The van der Waals surface area contributed by atoms with Crippen LogP contribution in [0.2, 0.25) is 0 Å². The van der Waals surface area contributed by atoms with Crippen molar-refractivity contribution in [3.05, 3.63) is 70.3 Å². The third kappa shape index (κ3) is 5.92. The molecule has 8 nitrogen and oxygen atoms in total. The lowest BCUT2D eigenvalue weighted by molar-refractivity contribution is -0.127. The lowest BCUT2D eigenvalue weighted by atomic mass is 10.1. The minimum atomic E-state index is -1.04. The Bertz CT molecular complexity index is 1150. The van der Waals surface area contributed by atoms with Crippen molar-refractivity contribution in [3.8, 4) is 5.75 Å². The summed E-state index contributed by atoms with van der Waals surface area (Å²) >= 11 is 1.29. The van der Waals surface area contributed by atoms with E-state index in [1.165, 1.54) is 16.2 Å². The molecule has 0 bridgehead atoms. The second-order valence-corrected chi connectivity index (χ2v) is 9.41. The van der Waals surface area contributed by atoms with Gasteiger partial charge >= 0.3 is 0 Å². The van der Waals surface area contributed by atoms with Gasteiger partial charge in [-0.05, 0) is 67.6 Å². The van der Waals surface area contributed by atoms with Gasteiger partial charge in [0.05, 0.1) is 18.5 Å². The normalized spacial score (nSPS) is 14.3. The van der Waals surface area contributed by atoms with E-state index in [-0.39, 0.29) is 24.4 Å². The van der Waals surface area contributed by atoms with E-state index in [4.69, 9.17) is 9.15 Å². The summed E-state index contributed by atoms with van der Waals surface area (Å²) in [6.07, 6.45) is 3.93. The number of anilines is 1. The molecule has 1 saturated carbocycles. The number of thiophene rings is 1. The number of methoxy groups -OCH3 is 1. The summed E-state index contributed by atoms with van der Waals surface area (Å²) in [7, 11) is 1.56. The molecule has 4 rings (SSSR count). The maximum atomic E-state index is 13.6. The molecule has 9 heteroatoms. The Balaban J connectivity index is 1.66.